The summed E-state index contributed by atoms with van der Waals surface area (Å²) in [6.45, 7) is 3.94. The fraction of sp³-hybridized carbons (Fsp3) is 0.136. The van der Waals surface area contributed by atoms with Crippen LogP contribution in [0.3, 0.4) is 0 Å². The molecule has 9 nitrogen and oxygen atoms in total. The Hall–Kier alpha value is -4.27. The average molecular weight is 409 g/mol. The lowest BCUT2D eigenvalue weighted by atomic mass is 10.2. The maximum atomic E-state index is 4.88. The first kappa shape index (κ1) is 17.6. The minimum absolute atomic E-state index is 0.663. The number of nitrogens with zero attached hydrogens (tertiary/aromatic N) is 7. The highest BCUT2D eigenvalue weighted by atomic mass is 15.2. The topological polar surface area (TPSA) is 106 Å². The number of rotatable bonds is 3. The van der Waals surface area contributed by atoms with E-state index in [0.717, 1.165) is 50.7 Å². The van der Waals surface area contributed by atoms with Crippen molar-refractivity contribution in [3.8, 4) is 28.6 Å². The molecule has 0 fully saturated rings. The molecular weight excluding hydrogens is 390 g/mol. The van der Waals surface area contributed by atoms with Gasteiger partial charge in [0.2, 0.25) is 0 Å². The second-order valence-corrected chi connectivity index (χ2v) is 7.60. The molecule has 6 rings (SSSR count). The highest BCUT2D eigenvalue weighted by molar-refractivity contribution is 5.93. The third kappa shape index (κ3) is 2.67. The molecule has 0 bridgehead atoms. The Morgan fingerprint density at radius 2 is 1.84 bits per heavy atom. The van der Waals surface area contributed by atoms with Gasteiger partial charge in [0.1, 0.15) is 16.9 Å². The van der Waals surface area contributed by atoms with Crippen LogP contribution in [-0.4, -0.2) is 44.3 Å². The standard InChI is InChI=1S/C22H19N9/c1-12-10-31(11-24-12)17-6-4-5-15-19(17)27-22(26-15)21-20-16(28-29-21)8-7-14(25-20)18-9-23-13(2)30(18)3/h4-11H,1-3H3,(H,26,27)(H,28,29). The van der Waals surface area contributed by atoms with E-state index in [2.05, 4.69) is 25.1 Å². The zero-order valence-corrected chi connectivity index (χ0v) is 17.2. The fourth-order valence-corrected chi connectivity index (χ4v) is 3.84. The summed E-state index contributed by atoms with van der Waals surface area (Å²) in [4.78, 5) is 21.9. The van der Waals surface area contributed by atoms with Gasteiger partial charge in [-0.05, 0) is 38.1 Å². The van der Waals surface area contributed by atoms with E-state index >= 15 is 0 Å². The third-order valence-electron chi connectivity index (χ3n) is 5.60. The molecule has 0 spiro atoms. The Morgan fingerprint density at radius 3 is 2.61 bits per heavy atom. The number of aromatic amines is 2. The summed E-state index contributed by atoms with van der Waals surface area (Å²) in [5.74, 6) is 1.60. The SMILES string of the molecule is Cc1cn(-c2cccc3[nH]c(-c4n[nH]c5ccc(-c6cnc(C)n6C)nc45)nc23)cn1. The molecule has 9 heteroatoms. The monoisotopic (exact) mass is 409 g/mol. The molecule has 0 aliphatic heterocycles. The van der Waals surface area contributed by atoms with Crippen molar-refractivity contribution in [2.75, 3.05) is 0 Å². The Kier molecular flexibility index (Phi) is 3.61. The van der Waals surface area contributed by atoms with Gasteiger partial charge >= 0.3 is 0 Å². The number of fused-ring (bicyclic) bond motifs is 2. The number of aryl methyl sites for hydroxylation is 2. The minimum atomic E-state index is 0.663. The molecule has 0 amide bonds. The number of pyridine rings is 1. The van der Waals surface area contributed by atoms with E-state index in [4.69, 9.17) is 9.97 Å². The van der Waals surface area contributed by atoms with Crippen LogP contribution in [0, 0.1) is 13.8 Å². The Labute approximate surface area is 176 Å². The zero-order chi connectivity index (χ0) is 21.1. The molecule has 5 heterocycles. The average Bonchev–Trinajstić information content (AvgIpc) is 3.54. The van der Waals surface area contributed by atoms with Crippen LogP contribution in [0.2, 0.25) is 0 Å². The molecule has 2 N–H and O–H groups in total. The molecule has 0 saturated carbocycles. The molecule has 0 radical (unpaired) electrons. The van der Waals surface area contributed by atoms with E-state index in [1.165, 1.54) is 0 Å². The van der Waals surface area contributed by atoms with Crippen LogP contribution in [0.15, 0.2) is 49.1 Å². The van der Waals surface area contributed by atoms with Gasteiger partial charge in [0, 0.05) is 13.2 Å². The molecule has 0 aliphatic carbocycles. The molecule has 152 valence electrons. The van der Waals surface area contributed by atoms with Crippen LogP contribution in [-0.2, 0) is 7.05 Å². The number of H-pyrrole nitrogens is 2. The van der Waals surface area contributed by atoms with E-state index < -0.39 is 0 Å². The maximum absolute atomic E-state index is 4.88. The molecule has 0 aliphatic rings. The summed E-state index contributed by atoms with van der Waals surface area (Å²) in [6.07, 6.45) is 5.62. The third-order valence-corrected chi connectivity index (χ3v) is 5.60. The van der Waals surface area contributed by atoms with Gasteiger partial charge < -0.3 is 14.1 Å². The van der Waals surface area contributed by atoms with Gasteiger partial charge in [-0.25, -0.2) is 19.9 Å². The molecule has 1 aromatic carbocycles. The van der Waals surface area contributed by atoms with Crippen LogP contribution in [0.1, 0.15) is 11.5 Å². The maximum Gasteiger partial charge on any atom is 0.161 e. The van der Waals surface area contributed by atoms with Gasteiger partial charge in [-0.15, -0.1) is 0 Å². The van der Waals surface area contributed by atoms with Gasteiger partial charge in [-0.2, -0.15) is 5.10 Å². The van der Waals surface area contributed by atoms with Crippen LogP contribution in [0.4, 0.5) is 0 Å². The number of benzene rings is 1. The normalized spacial score (nSPS) is 11.7. The van der Waals surface area contributed by atoms with Gasteiger partial charge in [0.25, 0.3) is 0 Å². The second kappa shape index (κ2) is 6.36. The van der Waals surface area contributed by atoms with Crippen molar-refractivity contribution in [3.05, 3.63) is 60.6 Å². The van der Waals surface area contributed by atoms with Crippen LogP contribution >= 0.6 is 0 Å². The van der Waals surface area contributed by atoms with Crippen molar-refractivity contribution in [1.82, 2.24) is 44.3 Å². The Bertz CT molecular complexity index is 1580. The molecule has 0 atom stereocenters. The van der Waals surface area contributed by atoms with Gasteiger partial charge in [-0.1, -0.05) is 6.07 Å². The smallest absolute Gasteiger partial charge is 0.161 e. The number of para-hydroxylation sites is 1. The largest absolute Gasteiger partial charge is 0.336 e. The number of hydrogen-bond donors (Lipinski definition) is 2. The van der Waals surface area contributed by atoms with Crippen LogP contribution in [0.25, 0.3) is 50.7 Å². The lowest BCUT2D eigenvalue weighted by Gasteiger charge is -2.03. The number of imidazole rings is 3. The molecule has 5 aromatic heterocycles. The lowest BCUT2D eigenvalue weighted by Crippen LogP contribution is -1.96. The highest BCUT2D eigenvalue weighted by Crippen LogP contribution is 2.29. The number of nitrogens with one attached hydrogen (secondary N) is 2. The second-order valence-electron chi connectivity index (χ2n) is 7.60. The summed E-state index contributed by atoms with van der Waals surface area (Å²) >= 11 is 0. The van der Waals surface area contributed by atoms with E-state index in [1.807, 2.05) is 72.8 Å². The minimum Gasteiger partial charge on any atom is -0.336 e. The van der Waals surface area contributed by atoms with Gasteiger partial charge in [0.05, 0.1) is 46.3 Å². The Morgan fingerprint density at radius 1 is 0.935 bits per heavy atom. The highest BCUT2D eigenvalue weighted by Gasteiger charge is 2.17. The Balaban J connectivity index is 1.52. The zero-order valence-electron chi connectivity index (χ0n) is 17.2. The molecule has 31 heavy (non-hydrogen) atoms. The van der Waals surface area contributed by atoms with Gasteiger partial charge in [0.15, 0.2) is 11.5 Å². The quantitative estimate of drug-likeness (QED) is 0.464. The van der Waals surface area contributed by atoms with Crippen LogP contribution in [0.5, 0.6) is 0 Å². The summed E-state index contributed by atoms with van der Waals surface area (Å²) in [5.41, 5.74) is 7.77. The van der Waals surface area contributed by atoms with E-state index in [0.29, 0.717) is 11.5 Å². The van der Waals surface area contributed by atoms with E-state index in [-0.39, 0.29) is 0 Å². The molecule has 0 saturated heterocycles. The molecule has 0 unspecified atom stereocenters. The lowest BCUT2D eigenvalue weighted by molar-refractivity contribution is 0.862. The molecule has 6 aromatic rings. The predicted molar refractivity (Wildman–Crippen MR) is 118 cm³/mol. The first-order valence-corrected chi connectivity index (χ1v) is 9.92. The van der Waals surface area contributed by atoms with Crippen molar-refractivity contribution in [2.45, 2.75) is 13.8 Å². The summed E-state index contributed by atoms with van der Waals surface area (Å²) in [7, 11) is 1.98. The van der Waals surface area contributed by atoms with Gasteiger partial charge in [-0.3, -0.25) is 5.10 Å². The molecular formula is C22H19N9. The summed E-state index contributed by atoms with van der Waals surface area (Å²) < 4.78 is 4.00. The first-order chi connectivity index (χ1) is 15.1. The predicted octanol–water partition coefficient (Wildman–Crippen LogP) is 3.70. The van der Waals surface area contributed by atoms with Crippen molar-refractivity contribution < 1.29 is 0 Å². The number of aromatic nitrogens is 9. The summed E-state index contributed by atoms with van der Waals surface area (Å²) in [5, 5.41) is 7.58. The van der Waals surface area contributed by atoms with Crippen molar-refractivity contribution in [1.29, 1.82) is 0 Å². The van der Waals surface area contributed by atoms with Crippen molar-refractivity contribution >= 4 is 22.1 Å². The van der Waals surface area contributed by atoms with E-state index in [9.17, 15) is 0 Å². The van der Waals surface area contributed by atoms with E-state index in [1.54, 1.807) is 6.33 Å². The summed E-state index contributed by atoms with van der Waals surface area (Å²) in [6, 6.07) is 9.99. The fourth-order valence-electron chi connectivity index (χ4n) is 3.84. The van der Waals surface area contributed by atoms with Crippen LogP contribution < -0.4 is 0 Å². The van der Waals surface area contributed by atoms with Crippen molar-refractivity contribution in [2.24, 2.45) is 7.05 Å². The van der Waals surface area contributed by atoms with Crippen molar-refractivity contribution in [3.63, 3.8) is 0 Å². The number of hydrogen-bond acceptors (Lipinski definition) is 5. The first-order valence-electron chi connectivity index (χ1n) is 9.92.